The number of hydrogen-bond donors (Lipinski definition) is 2. The molecule has 0 atom stereocenters. The molecule has 2 amide bonds. The second kappa shape index (κ2) is 7.40. The summed E-state index contributed by atoms with van der Waals surface area (Å²) in [5, 5.41) is 10.3. The van der Waals surface area contributed by atoms with E-state index in [4.69, 9.17) is 0 Å². The normalized spacial score (nSPS) is 17.7. The summed E-state index contributed by atoms with van der Waals surface area (Å²) in [6, 6.07) is 12.7. The molecule has 2 aromatic rings. The summed E-state index contributed by atoms with van der Waals surface area (Å²) >= 11 is 0. The average Bonchev–Trinajstić information content (AvgIpc) is 2.97. The largest absolute Gasteiger partial charge is 0.506 e. The molecule has 0 aromatic heterocycles. The highest BCUT2D eigenvalue weighted by Gasteiger charge is 2.35. The fourth-order valence-electron chi connectivity index (χ4n) is 3.71. The van der Waals surface area contributed by atoms with E-state index in [9.17, 15) is 23.1 Å². The topological polar surface area (TPSA) is 107 Å². The third-order valence-electron chi connectivity index (χ3n) is 5.24. The van der Waals surface area contributed by atoms with E-state index in [1.165, 1.54) is 23.3 Å². The van der Waals surface area contributed by atoms with E-state index < -0.39 is 16.1 Å². The number of anilines is 1. The van der Waals surface area contributed by atoms with Crippen LogP contribution in [0.1, 0.15) is 23.1 Å². The minimum Gasteiger partial charge on any atom is -0.506 e. The maximum Gasteiger partial charge on any atom is 0.326 e. The molecule has 1 fully saturated rings. The van der Waals surface area contributed by atoms with Gasteiger partial charge in [0.05, 0.1) is 5.69 Å². The number of fused-ring (bicyclic) bond motifs is 1. The van der Waals surface area contributed by atoms with Gasteiger partial charge in [0.2, 0.25) is 5.91 Å². The predicted molar refractivity (Wildman–Crippen MR) is 106 cm³/mol. The monoisotopic (exact) mass is 415 g/mol. The molecule has 2 aliphatic heterocycles. The maximum absolute atomic E-state index is 12.6. The van der Waals surface area contributed by atoms with Crippen molar-refractivity contribution >= 4 is 27.7 Å². The first kappa shape index (κ1) is 19.3. The van der Waals surface area contributed by atoms with Crippen LogP contribution in [0.2, 0.25) is 0 Å². The SMILES string of the molecule is O=C1CN(c2ccc(CCC(=O)N3CCc4ccccc4C3)cc2O)S(=O)(=O)N1. The van der Waals surface area contributed by atoms with Crippen molar-refractivity contribution in [1.82, 2.24) is 9.62 Å². The molecular formula is C20H21N3O5S. The highest BCUT2D eigenvalue weighted by Crippen LogP contribution is 2.31. The molecule has 0 bridgehead atoms. The Kier molecular flexibility index (Phi) is 4.91. The number of carbonyl (C=O) groups excluding carboxylic acids is 2. The Labute approximate surface area is 168 Å². The van der Waals surface area contributed by atoms with E-state index in [1.54, 1.807) is 6.07 Å². The summed E-state index contributed by atoms with van der Waals surface area (Å²) in [5.74, 6) is -0.857. The number of nitrogens with one attached hydrogen (secondary N) is 1. The first-order chi connectivity index (χ1) is 13.8. The van der Waals surface area contributed by atoms with Crippen LogP contribution in [0.25, 0.3) is 0 Å². The van der Waals surface area contributed by atoms with Crippen molar-refractivity contribution in [2.24, 2.45) is 0 Å². The number of nitrogens with zero attached hydrogens (tertiary/aromatic N) is 2. The summed E-state index contributed by atoms with van der Waals surface area (Å²) in [5.41, 5.74) is 3.20. The molecule has 152 valence electrons. The van der Waals surface area contributed by atoms with Gasteiger partial charge in [-0.15, -0.1) is 0 Å². The Balaban J connectivity index is 1.40. The standard InChI is InChI=1S/C20H21N3O5S/c24-18-11-14(5-7-17(18)23-13-19(25)21-29(23,27)28)6-8-20(26)22-10-9-15-3-1-2-4-16(15)12-22/h1-5,7,11,24H,6,8-10,12-13H2,(H,21,25). The Morgan fingerprint density at radius 2 is 1.86 bits per heavy atom. The van der Waals surface area contributed by atoms with E-state index in [0.717, 1.165) is 10.7 Å². The van der Waals surface area contributed by atoms with Crippen LogP contribution < -0.4 is 9.03 Å². The van der Waals surface area contributed by atoms with Gasteiger partial charge in [-0.05, 0) is 41.7 Å². The molecule has 2 N–H and O–H groups in total. The molecular weight excluding hydrogens is 394 g/mol. The van der Waals surface area contributed by atoms with Crippen LogP contribution in [0.5, 0.6) is 5.75 Å². The molecule has 2 aromatic carbocycles. The highest BCUT2D eigenvalue weighted by atomic mass is 32.2. The van der Waals surface area contributed by atoms with Gasteiger partial charge in [0.25, 0.3) is 5.91 Å². The Morgan fingerprint density at radius 1 is 1.10 bits per heavy atom. The summed E-state index contributed by atoms with van der Waals surface area (Å²) in [7, 11) is -3.98. The summed E-state index contributed by atoms with van der Waals surface area (Å²) in [4.78, 5) is 25.8. The van der Waals surface area contributed by atoms with Gasteiger partial charge in [-0.2, -0.15) is 8.42 Å². The van der Waals surface area contributed by atoms with Crippen molar-refractivity contribution < 1.29 is 23.1 Å². The van der Waals surface area contributed by atoms with E-state index >= 15 is 0 Å². The maximum atomic E-state index is 12.6. The van der Waals surface area contributed by atoms with Gasteiger partial charge < -0.3 is 10.0 Å². The molecule has 1 saturated heterocycles. The van der Waals surface area contributed by atoms with Crippen LogP contribution >= 0.6 is 0 Å². The lowest BCUT2D eigenvalue weighted by Crippen LogP contribution is -2.36. The van der Waals surface area contributed by atoms with E-state index in [-0.39, 0.29) is 23.9 Å². The zero-order valence-corrected chi connectivity index (χ0v) is 16.5. The lowest BCUT2D eigenvalue weighted by Gasteiger charge is -2.29. The van der Waals surface area contributed by atoms with Gasteiger partial charge in [0.1, 0.15) is 12.3 Å². The third-order valence-corrected chi connectivity index (χ3v) is 6.63. The van der Waals surface area contributed by atoms with E-state index in [0.29, 0.717) is 31.5 Å². The number of carbonyl (C=O) groups is 2. The van der Waals surface area contributed by atoms with Crippen LogP contribution in [0.3, 0.4) is 0 Å². The van der Waals surface area contributed by atoms with Crippen molar-refractivity contribution in [3.8, 4) is 5.75 Å². The van der Waals surface area contributed by atoms with Crippen LogP contribution in [-0.2, 0) is 39.2 Å². The quantitative estimate of drug-likeness (QED) is 0.777. The molecule has 0 radical (unpaired) electrons. The highest BCUT2D eigenvalue weighted by molar-refractivity contribution is 7.92. The van der Waals surface area contributed by atoms with Crippen molar-refractivity contribution in [3.05, 3.63) is 59.2 Å². The molecule has 8 nitrogen and oxygen atoms in total. The first-order valence-electron chi connectivity index (χ1n) is 9.33. The van der Waals surface area contributed by atoms with Crippen molar-refractivity contribution in [1.29, 1.82) is 0 Å². The zero-order valence-electron chi connectivity index (χ0n) is 15.7. The molecule has 0 spiro atoms. The Morgan fingerprint density at radius 3 is 2.55 bits per heavy atom. The first-order valence-corrected chi connectivity index (χ1v) is 10.8. The Hall–Kier alpha value is -3.07. The van der Waals surface area contributed by atoms with Gasteiger partial charge in [0.15, 0.2) is 0 Å². The van der Waals surface area contributed by atoms with Crippen LogP contribution in [-0.4, -0.2) is 43.3 Å². The molecule has 0 unspecified atom stereocenters. The summed E-state index contributed by atoms with van der Waals surface area (Å²) in [6.45, 7) is 0.922. The number of benzene rings is 2. The number of amides is 2. The third kappa shape index (κ3) is 3.91. The fourth-order valence-corrected chi connectivity index (χ4v) is 4.88. The van der Waals surface area contributed by atoms with Crippen LogP contribution in [0.15, 0.2) is 42.5 Å². The smallest absolute Gasteiger partial charge is 0.326 e. The summed E-state index contributed by atoms with van der Waals surface area (Å²) in [6.07, 6.45) is 1.56. The van der Waals surface area contributed by atoms with Crippen molar-refractivity contribution in [3.63, 3.8) is 0 Å². The average molecular weight is 415 g/mol. The second-order valence-electron chi connectivity index (χ2n) is 7.19. The molecule has 0 aliphatic carbocycles. The van der Waals surface area contributed by atoms with E-state index in [2.05, 4.69) is 6.07 Å². The number of aromatic hydroxyl groups is 1. The van der Waals surface area contributed by atoms with Crippen molar-refractivity contribution in [2.45, 2.75) is 25.8 Å². The lowest BCUT2D eigenvalue weighted by molar-refractivity contribution is -0.132. The van der Waals surface area contributed by atoms with Gasteiger partial charge in [-0.1, -0.05) is 30.3 Å². The number of rotatable bonds is 4. The minimum atomic E-state index is -3.98. The van der Waals surface area contributed by atoms with Crippen molar-refractivity contribution in [2.75, 3.05) is 17.4 Å². The molecule has 29 heavy (non-hydrogen) atoms. The summed E-state index contributed by atoms with van der Waals surface area (Å²) < 4.78 is 26.5. The number of phenolic OH excluding ortho intramolecular Hbond substituents is 1. The second-order valence-corrected chi connectivity index (χ2v) is 8.79. The van der Waals surface area contributed by atoms with Gasteiger partial charge in [-0.3, -0.25) is 9.59 Å². The number of hydrogen-bond acceptors (Lipinski definition) is 5. The molecule has 2 aliphatic rings. The predicted octanol–water partition coefficient (Wildman–Crippen LogP) is 1.09. The minimum absolute atomic E-state index is 0.0334. The number of phenols is 1. The molecule has 2 heterocycles. The lowest BCUT2D eigenvalue weighted by atomic mass is 9.99. The molecule has 0 saturated carbocycles. The van der Waals surface area contributed by atoms with E-state index in [1.807, 2.05) is 27.8 Å². The van der Waals surface area contributed by atoms with Gasteiger partial charge in [-0.25, -0.2) is 9.03 Å². The van der Waals surface area contributed by atoms with Gasteiger partial charge >= 0.3 is 10.2 Å². The van der Waals surface area contributed by atoms with Crippen LogP contribution in [0, 0.1) is 0 Å². The fraction of sp³-hybridized carbons (Fsp3) is 0.300. The molecule has 9 heteroatoms. The Bertz CT molecular complexity index is 1080. The molecule has 4 rings (SSSR count). The number of aryl methyl sites for hydroxylation is 1. The van der Waals surface area contributed by atoms with Crippen LogP contribution in [0.4, 0.5) is 5.69 Å². The zero-order chi connectivity index (χ0) is 20.6. The van der Waals surface area contributed by atoms with Gasteiger partial charge in [0, 0.05) is 19.5 Å².